The first-order valence-corrected chi connectivity index (χ1v) is 7.33. The predicted octanol–water partition coefficient (Wildman–Crippen LogP) is 1.74. The molecular formula is C16H25ClN2O2. The first-order valence-electron chi connectivity index (χ1n) is 7.33. The number of hydrogen-bond donors (Lipinski definition) is 1. The molecule has 0 aliphatic carbocycles. The molecule has 1 N–H and O–H groups in total. The Morgan fingerprint density at radius 1 is 1.38 bits per heavy atom. The van der Waals surface area contributed by atoms with E-state index in [1.165, 1.54) is 5.56 Å². The van der Waals surface area contributed by atoms with E-state index in [9.17, 15) is 4.79 Å². The number of nitrogens with zero attached hydrogens (tertiary/aromatic N) is 1. The largest absolute Gasteiger partial charge is 0.371 e. The Morgan fingerprint density at radius 3 is 2.86 bits per heavy atom. The summed E-state index contributed by atoms with van der Waals surface area (Å²) in [5.74, 6) is 0.713. The number of rotatable bonds is 7. The van der Waals surface area contributed by atoms with Gasteiger partial charge in [0.05, 0.1) is 6.61 Å². The molecule has 1 aliphatic rings. The topological polar surface area (TPSA) is 41.6 Å². The summed E-state index contributed by atoms with van der Waals surface area (Å²) in [6, 6.07) is 10.2. The molecule has 1 aliphatic heterocycles. The highest BCUT2D eigenvalue weighted by molar-refractivity contribution is 5.85. The maximum Gasteiger partial charge on any atom is 0.248 e. The minimum atomic E-state index is 0. The Bertz CT molecular complexity index is 414. The van der Waals surface area contributed by atoms with Crippen LogP contribution in [0.2, 0.25) is 0 Å². The zero-order valence-corrected chi connectivity index (χ0v) is 13.4. The summed E-state index contributed by atoms with van der Waals surface area (Å²) >= 11 is 0. The van der Waals surface area contributed by atoms with Crippen LogP contribution in [0.3, 0.4) is 0 Å². The maximum absolute atomic E-state index is 12.0. The number of nitrogens with one attached hydrogen (secondary N) is 1. The van der Waals surface area contributed by atoms with Crippen LogP contribution in [0.5, 0.6) is 0 Å². The minimum absolute atomic E-state index is 0. The highest BCUT2D eigenvalue weighted by atomic mass is 35.5. The van der Waals surface area contributed by atoms with Gasteiger partial charge >= 0.3 is 0 Å². The van der Waals surface area contributed by atoms with Crippen LogP contribution in [-0.2, 0) is 16.0 Å². The molecule has 0 saturated carbocycles. The summed E-state index contributed by atoms with van der Waals surface area (Å²) < 4.78 is 5.50. The second-order valence-electron chi connectivity index (χ2n) is 5.34. The summed E-state index contributed by atoms with van der Waals surface area (Å²) in [6.07, 6.45) is 1.95. The average molecular weight is 313 g/mol. The fourth-order valence-corrected chi connectivity index (χ4v) is 2.60. The van der Waals surface area contributed by atoms with Crippen molar-refractivity contribution in [3.05, 3.63) is 35.9 Å². The van der Waals surface area contributed by atoms with Crippen LogP contribution in [0, 0.1) is 5.92 Å². The number of ether oxygens (including phenoxy) is 1. The predicted molar refractivity (Wildman–Crippen MR) is 86.8 cm³/mol. The number of halogens is 1. The van der Waals surface area contributed by atoms with E-state index in [-0.39, 0.29) is 24.9 Å². The molecule has 1 unspecified atom stereocenters. The van der Waals surface area contributed by atoms with Crippen molar-refractivity contribution in [2.75, 3.05) is 39.9 Å². The van der Waals surface area contributed by atoms with Gasteiger partial charge in [0.1, 0.15) is 6.61 Å². The van der Waals surface area contributed by atoms with E-state index in [0.29, 0.717) is 12.5 Å². The van der Waals surface area contributed by atoms with Gasteiger partial charge in [0.25, 0.3) is 0 Å². The van der Waals surface area contributed by atoms with Crippen LogP contribution in [0.4, 0.5) is 0 Å². The molecule has 1 aromatic rings. The second-order valence-corrected chi connectivity index (χ2v) is 5.34. The minimum Gasteiger partial charge on any atom is -0.371 e. The summed E-state index contributed by atoms with van der Waals surface area (Å²) in [5.41, 5.74) is 1.25. The van der Waals surface area contributed by atoms with Crippen LogP contribution < -0.4 is 5.32 Å². The molecule has 118 valence electrons. The molecule has 1 aromatic carbocycles. The monoisotopic (exact) mass is 312 g/mol. The van der Waals surface area contributed by atoms with E-state index in [4.69, 9.17) is 4.74 Å². The van der Waals surface area contributed by atoms with Gasteiger partial charge in [0.15, 0.2) is 0 Å². The number of carbonyl (C=O) groups is 1. The molecule has 2 rings (SSSR count). The molecule has 4 nitrogen and oxygen atoms in total. The van der Waals surface area contributed by atoms with Gasteiger partial charge in [-0.05, 0) is 37.9 Å². The van der Waals surface area contributed by atoms with Crippen molar-refractivity contribution >= 4 is 18.3 Å². The number of amides is 1. The summed E-state index contributed by atoms with van der Waals surface area (Å²) in [4.78, 5) is 13.9. The molecule has 1 saturated heterocycles. The van der Waals surface area contributed by atoms with Crippen LogP contribution in [0.15, 0.2) is 30.3 Å². The summed E-state index contributed by atoms with van der Waals surface area (Å²) in [7, 11) is 1.96. The Morgan fingerprint density at radius 2 is 2.14 bits per heavy atom. The lowest BCUT2D eigenvalue weighted by molar-refractivity contribution is -0.135. The first-order chi connectivity index (χ1) is 9.79. The molecule has 0 spiro atoms. The van der Waals surface area contributed by atoms with E-state index >= 15 is 0 Å². The van der Waals surface area contributed by atoms with Crippen LogP contribution in [0.1, 0.15) is 12.0 Å². The van der Waals surface area contributed by atoms with Crippen molar-refractivity contribution < 1.29 is 9.53 Å². The van der Waals surface area contributed by atoms with Crippen molar-refractivity contribution in [2.24, 2.45) is 5.92 Å². The Kier molecular flexibility index (Phi) is 8.35. The molecule has 1 atom stereocenters. The van der Waals surface area contributed by atoms with Crippen molar-refractivity contribution in [1.29, 1.82) is 0 Å². The Labute approximate surface area is 133 Å². The standard InChI is InChI=1S/C16H24N2O2.ClH/c1-17-11-15-7-9-18(12-15)16(19)13-20-10-8-14-5-3-2-4-6-14;/h2-6,15,17H,7-13H2,1H3;1H. The Balaban J connectivity index is 0.00000220. The molecule has 0 aromatic heterocycles. The smallest absolute Gasteiger partial charge is 0.248 e. The molecule has 5 heteroatoms. The summed E-state index contributed by atoms with van der Waals surface area (Å²) in [6.45, 7) is 3.52. The molecular weight excluding hydrogens is 288 g/mol. The molecule has 1 amide bonds. The van der Waals surface area contributed by atoms with Crippen molar-refractivity contribution in [2.45, 2.75) is 12.8 Å². The molecule has 0 bridgehead atoms. The zero-order chi connectivity index (χ0) is 14.2. The third kappa shape index (κ3) is 6.04. The van der Waals surface area contributed by atoms with Crippen molar-refractivity contribution in [1.82, 2.24) is 10.2 Å². The van der Waals surface area contributed by atoms with Crippen LogP contribution >= 0.6 is 12.4 Å². The third-order valence-corrected chi connectivity index (χ3v) is 3.73. The quantitative estimate of drug-likeness (QED) is 0.780. The van der Waals surface area contributed by atoms with E-state index in [2.05, 4.69) is 17.4 Å². The zero-order valence-electron chi connectivity index (χ0n) is 12.6. The van der Waals surface area contributed by atoms with E-state index < -0.39 is 0 Å². The number of benzene rings is 1. The lowest BCUT2D eigenvalue weighted by Crippen LogP contribution is -2.33. The van der Waals surface area contributed by atoms with Gasteiger partial charge in [-0.15, -0.1) is 12.4 Å². The third-order valence-electron chi connectivity index (χ3n) is 3.73. The fourth-order valence-electron chi connectivity index (χ4n) is 2.60. The Hall–Kier alpha value is -1.10. The van der Waals surface area contributed by atoms with Crippen LogP contribution in [0.25, 0.3) is 0 Å². The fraction of sp³-hybridized carbons (Fsp3) is 0.562. The van der Waals surface area contributed by atoms with Gasteiger partial charge in [-0.25, -0.2) is 0 Å². The lowest BCUT2D eigenvalue weighted by Gasteiger charge is -2.16. The highest BCUT2D eigenvalue weighted by Gasteiger charge is 2.25. The van der Waals surface area contributed by atoms with Crippen molar-refractivity contribution in [3.8, 4) is 0 Å². The number of likely N-dealkylation sites (tertiary alicyclic amines) is 1. The van der Waals surface area contributed by atoms with Gasteiger partial charge in [0, 0.05) is 13.1 Å². The van der Waals surface area contributed by atoms with E-state index in [1.807, 2.05) is 30.1 Å². The van der Waals surface area contributed by atoms with E-state index in [0.717, 1.165) is 32.5 Å². The second kappa shape index (κ2) is 9.77. The SMILES string of the molecule is CNCC1CCN(C(=O)COCCc2ccccc2)C1.Cl. The number of hydrogen-bond acceptors (Lipinski definition) is 3. The summed E-state index contributed by atoms with van der Waals surface area (Å²) in [5, 5.41) is 3.17. The van der Waals surface area contributed by atoms with E-state index in [1.54, 1.807) is 0 Å². The average Bonchev–Trinajstić information content (AvgIpc) is 2.94. The number of carbonyl (C=O) groups excluding carboxylic acids is 1. The van der Waals surface area contributed by atoms with Gasteiger partial charge in [-0.1, -0.05) is 30.3 Å². The molecule has 21 heavy (non-hydrogen) atoms. The molecule has 0 radical (unpaired) electrons. The van der Waals surface area contributed by atoms with Gasteiger partial charge in [-0.3, -0.25) is 4.79 Å². The van der Waals surface area contributed by atoms with Crippen LogP contribution in [-0.4, -0.2) is 50.7 Å². The van der Waals surface area contributed by atoms with Crippen molar-refractivity contribution in [3.63, 3.8) is 0 Å². The first kappa shape index (κ1) is 18.0. The molecule has 1 fully saturated rings. The normalized spacial score (nSPS) is 17.6. The molecule has 1 heterocycles. The lowest BCUT2D eigenvalue weighted by atomic mass is 10.1. The van der Waals surface area contributed by atoms with Gasteiger partial charge in [0.2, 0.25) is 5.91 Å². The van der Waals surface area contributed by atoms with Gasteiger partial charge in [-0.2, -0.15) is 0 Å². The van der Waals surface area contributed by atoms with Gasteiger partial charge < -0.3 is 15.0 Å². The highest BCUT2D eigenvalue weighted by Crippen LogP contribution is 2.15. The maximum atomic E-state index is 12.0.